The van der Waals surface area contributed by atoms with Crippen LogP contribution in [0, 0.1) is 0 Å². The summed E-state index contributed by atoms with van der Waals surface area (Å²) < 4.78 is 10.6. The van der Waals surface area contributed by atoms with Gasteiger partial charge >= 0.3 is 6.03 Å². The molecule has 5 heteroatoms. The molecule has 2 rings (SSSR count). The maximum absolute atomic E-state index is 12.0. The van der Waals surface area contributed by atoms with Gasteiger partial charge in [-0.05, 0) is 38.0 Å². The van der Waals surface area contributed by atoms with Gasteiger partial charge in [0, 0.05) is 11.6 Å². The molecule has 0 unspecified atom stereocenters. The van der Waals surface area contributed by atoms with E-state index in [4.69, 9.17) is 9.47 Å². The van der Waals surface area contributed by atoms with Crippen molar-refractivity contribution in [1.29, 1.82) is 0 Å². The molecule has 1 fully saturated rings. The van der Waals surface area contributed by atoms with E-state index in [0.29, 0.717) is 6.04 Å². The molecule has 1 aliphatic carbocycles. The van der Waals surface area contributed by atoms with Crippen LogP contribution >= 0.6 is 0 Å². The lowest BCUT2D eigenvalue weighted by atomic mass is 10.1. The minimum Gasteiger partial charge on any atom is -0.497 e. The number of carbonyl (C=O) groups is 1. The lowest BCUT2D eigenvalue weighted by molar-refractivity contribution is 0.234. The molecule has 0 aromatic heterocycles. The number of amides is 2. The van der Waals surface area contributed by atoms with Crippen LogP contribution in [0.15, 0.2) is 18.2 Å². The first-order chi connectivity index (χ1) is 10.1. The number of rotatable bonds is 5. The molecule has 0 spiro atoms. The Hall–Kier alpha value is -1.91. The van der Waals surface area contributed by atoms with Crippen molar-refractivity contribution in [2.45, 2.75) is 44.7 Å². The fourth-order valence-corrected chi connectivity index (χ4v) is 2.75. The second-order valence-corrected chi connectivity index (χ2v) is 5.43. The van der Waals surface area contributed by atoms with Gasteiger partial charge in [-0.1, -0.05) is 12.8 Å². The second-order valence-electron chi connectivity index (χ2n) is 5.43. The van der Waals surface area contributed by atoms with Crippen LogP contribution in [0.4, 0.5) is 4.79 Å². The predicted molar refractivity (Wildman–Crippen MR) is 81.9 cm³/mol. The Balaban J connectivity index is 2.01. The fraction of sp³-hybridized carbons (Fsp3) is 0.562. The SMILES string of the molecule is COc1ccc(OC)c([C@@H](C)NC(=O)NC2CCCC2)c1. The molecule has 116 valence electrons. The summed E-state index contributed by atoms with van der Waals surface area (Å²) in [7, 11) is 3.24. The lowest BCUT2D eigenvalue weighted by Gasteiger charge is -2.20. The van der Waals surface area contributed by atoms with Crippen molar-refractivity contribution in [3.8, 4) is 11.5 Å². The van der Waals surface area contributed by atoms with Crippen molar-refractivity contribution < 1.29 is 14.3 Å². The third kappa shape index (κ3) is 4.03. The first kappa shape index (κ1) is 15.5. The highest BCUT2D eigenvalue weighted by atomic mass is 16.5. The van der Waals surface area contributed by atoms with Crippen LogP contribution in [0.1, 0.15) is 44.2 Å². The van der Waals surface area contributed by atoms with Crippen LogP contribution < -0.4 is 20.1 Å². The molecule has 0 bridgehead atoms. The van der Waals surface area contributed by atoms with Crippen LogP contribution in [0.25, 0.3) is 0 Å². The van der Waals surface area contributed by atoms with Crippen molar-refractivity contribution in [3.63, 3.8) is 0 Å². The minimum atomic E-state index is -0.156. The molecule has 2 N–H and O–H groups in total. The molecule has 0 saturated heterocycles. The van der Waals surface area contributed by atoms with Gasteiger partial charge in [0.2, 0.25) is 0 Å². The lowest BCUT2D eigenvalue weighted by Crippen LogP contribution is -2.41. The van der Waals surface area contributed by atoms with E-state index in [-0.39, 0.29) is 12.1 Å². The van der Waals surface area contributed by atoms with E-state index in [0.717, 1.165) is 29.9 Å². The van der Waals surface area contributed by atoms with Crippen molar-refractivity contribution in [1.82, 2.24) is 10.6 Å². The van der Waals surface area contributed by atoms with E-state index in [1.807, 2.05) is 25.1 Å². The van der Waals surface area contributed by atoms with E-state index in [2.05, 4.69) is 10.6 Å². The van der Waals surface area contributed by atoms with E-state index < -0.39 is 0 Å². The molecule has 1 aromatic carbocycles. The molecule has 0 radical (unpaired) electrons. The maximum atomic E-state index is 12.0. The predicted octanol–water partition coefficient (Wildman–Crippen LogP) is 3.01. The van der Waals surface area contributed by atoms with Crippen molar-refractivity contribution in [3.05, 3.63) is 23.8 Å². The first-order valence-corrected chi connectivity index (χ1v) is 7.43. The van der Waals surface area contributed by atoms with Gasteiger partial charge in [-0.25, -0.2) is 4.79 Å². The Bertz CT molecular complexity index is 484. The highest BCUT2D eigenvalue weighted by Crippen LogP contribution is 2.29. The van der Waals surface area contributed by atoms with Gasteiger partial charge in [-0.15, -0.1) is 0 Å². The van der Waals surface area contributed by atoms with Gasteiger partial charge in [0.25, 0.3) is 0 Å². The quantitative estimate of drug-likeness (QED) is 0.877. The van der Waals surface area contributed by atoms with E-state index in [1.54, 1.807) is 14.2 Å². The smallest absolute Gasteiger partial charge is 0.315 e. The number of methoxy groups -OCH3 is 2. The molecule has 1 aliphatic rings. The van der Waals surface area contributed by atoms with Crippen molar-refractivity contribution >= 4 is 6.03 Å². The fourth-order valence-electron chi connectivity index (χ4n) is 2.75. The molecule has 1 atom stereocenters. The topological polar surface area (TPSA) is 59.6 Å². The van der Waals surface area contributed by atoms with Crippen molar-refractivity contribution in [2.75, 3.05) is 14.2 Å². The highest BCUT2D eigenvalue weighted by molar-refractivity contribution is 5.75. The summed E-state index contributed by atoms with van der Waals surface area (Å²) in [5.41, 5.74) is 0.901. The third-order valence-corrected chi connectivity index (χ3v) is 3.94. The minimum absolute atomic E-state index is 0.126. The molecule has 2 amide bonds. The molecular formula is C16H24N2O3. The normalized spacial score (nSPS) is 16.3. The zero-order valence-electron chi connectivity index (χ0n) is 12.9. The molecule has 21 heavy (non-hydrogen) atoms. The first-order valence-electron chi connectivity index (χ1n) is 7.43. The number of hydrogen-bond acceptors (Lipinski definition) is 3. The molecule has 0 aliphatic heterocycles. The van der Waals surface area contributed by atoms with Gasteiger partial charge in [0.05, 0.1) is 20.3 Å². The van der Waals surface area contributed by atoms with Gasteiger partial charge < -0.3 is 20.1 Å². The molecule has 5 nitrogen and oxygen atoms in total. The summed E-state index contributed by atoms with van der Waals surface area (Å²) in [5, 5.41) is 5.99. The van der Waals surface area contributed by atoms with Gasteiger partial charge in [-0.2, -0.15) is 0 Å². The van der Waals surface area contributed by atoms with Gasteiger partial charge in [-0.3, -0.25) is 0 Å². The zero-order chi connectivity index (χ0) is 15.2. The van der Waals surface area contributed by atoms with Gasteiger partial charge in [0.15, 0.2) is 0 Å². The number of nitrogens with one attached hydrogen (secondary N) is 2. The number of carbonyl (C=O) groups excluding carboxylic acids is 1. The number of urea groups is 1. The summed E-state index contributed by atoms with van der Waals surface area (Å²) in [6.45, 7) is 1.94. The van der Waals surface area contributed by atoms with Crippen molar-refractivity contribution in [2.24, 2.45) is 0 Å². The Kier molecular flexibility index (Phi) is 5.31. The Labute approximate surface area is 126 Å². The van der Waals surface area contributed by atoms with E-state index in [1.165, 1.54) is 12.8 Å². The zero-order valence-corrected chi connectivity index (χ0v) is 12.9. The van der Waals surface area contributed by atoms with E-state index in [9.17, 15) is 4.79 Å². The highest BCUT2D eigenvalue weighted by Gasteiger charge is 2.19. The molecule has 0 heterocycles. The standard InChI is InChI=1S/C16H24N2O3/c1-11(17-16(19)18-12-6-4-5-7-12)14-10-13(20-2)8-9-15(14)21-3/h8-12H,4-7H2,1-3H3,(H2,17,18,19)/t11-/m1/s1. The second kappa shape index (κ2) is 7.20. The van der Waals surface area contributed by atoms with Crippen LogP contribution in [0.2, 0.25) is 0 Å². The molecule has 1 saturated carbocycles. The van der Waals surface area contributed by atoms with Crippen LogP contribution in [-0.2, 0) is 0 Å². The largest absolute Gasteiger partial charge is 0.497 e. The summed E-state index contributed by atoms with van der Waals surface area (Å²) in [6.07, 6.45) is 4.54. The average molecular weight is 292 g/mol. The average Bonchev–Trinajstić information content (AvgIpc) is 2.99. The Morgan fingerprint density at radius 2 is 1.95 bits per heavy atom. The number of ether oxygens (including phenoxy) is 2. The Morgan fingerprint density at radius 1 is 1.24 bits per heavy atom. The maximum Gasteiger partial charge on any atom is 0.315 e. The van der Waals surface area contributed by atoms with Crippen LogP contribution in [-0.4, -0.2) is 26.3 Å². The Morgan fingerprint density at radius 3 is 2.57 bits per heavy atom. The van der Waals surface area contributed by atoms with Crippen LogP contribution in [0.5, 0.6) is 11.5 Å². The van der Waals surface area contributed by atoms with Crippen LogP contribution in [0.3, 0.4) is 0 Å². The van der Waals surface area contributed by atoms with Gasteiger partial charge in [0.1, 0.15) is 11.5 Å². The third-order valence-electron chi connectivity index (χ3n) is 3.94. The number of benzene rings is 1. The summed E-state index contributed by atoms with van der Waals surface area (Å²) in [6, 6.07) is 5.61. The summed E-state index contributed by atoms with van der Waals surface area (Å²) in [4.78, 5) is 12.0. The summed E-state index contributed by atoms with van der Waals surface area (Å²) >= 11 is 0. The number of hydrogen-bond donors (Lipinski definition) is 2. The molecular weight excluding hydrogens is 268 g/mol. The van der Waals surface area contributed by atoms with E-state index >= 15 is 0 Å². The monoisotopic (exact) mass is 292 g/mol. The molecule has 1 aromatic rings. The summed E-state index contributed by atoms with van der Waals surface area (Å²) in [5.74, 6) is 1.49.